The molecule has 2 aliphatic rings. The predicted octanol–water partition coefficient (Wildman–Crippen LogP) is 4.34. The van der Waals surface area contributed by atoms with Gasteiger partial charge in [0.05, 0.1) is 16.5 Å². The Labute approximate surface area is 210 Å². The number of fused-ring (bicyclic) bond motifs is 1. The first-order valence-electron chi connectivity index (χ1n) is 11.5. The number of benzene rings is 2. The first-order chi connectivity index (χ1) is 16.2. The molecule has 1 unspecified atom stereocenters. The first-order valence-corrected chi connectivity index (χ1v) is 12.3. The molecule has 0 aromatic heterocycles. The highest BCUT2D eigenvalue weighted by atomic mass is 35.5. The van der Waals surface area contributed by atoms with Gasteiger partial charge in [-0.1, -0.05) is 41.4 Å². The lowest BCUT2D eigenvalue weighted by Crippen LogP contribution is -2.61. The Morgan fingerprint density at radius 2 is 2.00 bits per heavy atom. The van der Waals surface area contributed by atoms with E-state index < -0.39 is 0 Å². The molecular weight excluding hydrogens is 475 g/mol. The molecule has 34 heavy (non-hydrogen) atoms. The van der Waals surface area contributed by atoms with E-state index in [2.05, 4.69) is 17.3 Å². The molecule has 4 rings (SSSR count). The highest BCUT2D eigenvalue weighted by molar-refractivity contribution is 6.42. The van der Waals surface area contributed by atoms with Crippen LogP contribution in [0.3, 0.4) is 0 Å². The van der Waals surface area contributed by atoms with Gasteiger partial charge in [0.25, 0.3) is 0 Å². The third-order valence-corrected chi connectivity index (χ3v) is 7.93. The van der Waals surface area contributed by atoms with Crippen LogP contribution in [0.5, 0.6) is 5.75 Å². The maximum Gasteiger partial charge on any atom is 0.302 e. The molecule has 0 radical (unpaired) electrons. The Kier molecular flexibility index (Phi) is 7.41. The Hall–Kier alpha value is -2.28. The number of hydrogen-bond donors (Lipinski definition) is 2. The lowest BCUT2D eigenvalue weighted by molar-refractivity contribution is -0.157. The number of carbonyl (C=O) groups excluding carboxylic acids is 2. The van der Waals surface area contributed by atoms with Gasteiger partial charge in [-0.15, -0.1) is 0 Å². The molecule has 1 aliphatic heterocycles. The number of phenols is 1. The summed E-state index contributed by atoms with van der Waals surface area (Å²) in [5.74, 6) is -0.187. The van der Waals surface area contributed by atoms with Gasteiger partial charge in [0.15, 0.2) is 0 Å². The molecule has 0 spiro atoms. The van der Waals surface area contributed by atoms with Crippen molar-refractivity contribution in [2.75, 3.05) is 20.1 Å². The molecular formula is C26H30Cl2N2O4. The normalized spacial score (nSPS) is 27.0. The van der Waals surface area contributed by atoms with E-state index in [1.54, 1.807) is 24.3 Å². The van der Waals surface area contributed by atoms with Gasteiger partial charge in [0.1, 0.15) is 11.9 Å². The van der Waals surface area contributed by atoms with Crippen molar-refractivity contribution in [3.63, 3.8) is 0 Å². The van der Waals surface area contributed by atoms with Crippen molar-refractivity contribution in [2.45, 2.75) is 50.2 Å². The molecule has 0 bridgehead atoms. The number of halogens is 2. The zero-order chi connectivity index (χ0) is 24.5. The van der Waals surface area contributed by atoms with Crippen LogP contribution >= 0.6 is 23.2 Å². The number of aromatic hydroxyl groups is 1. The molecule has 2 aromatic rings. The summed E-state index contributed by atoms with van der Waals surface area (Å²) in [5.41, 5.74) is 1.47. The molecule has 4 atom stereocenters. The van der Waals surface area contributed by atoms with Crippen LogP contribution in [0.4, 0.5) is 0 Å². The first kappa shape index (κ1) is 24.8. The van der Waals surface area contributed by atoms with Crippen LogP contribution in [-0.4, -0.2) is 54.2 Å². The second-order valence-electron chi connectivity index (χ2n) is 9.60. The number of nitrogens with one attached hydrogen (secondary N) is 1. The summed E-state index contributed by atoms with van der Waals surface area (Å²) < 4.78 is 5.83. The average Bonchev–Trinajstić information content (AvgIpc) is 2.76. The zero-order valence-electron chi connectivity index (χ0n) is 19.4. The van der Waals surface area contributed by atoms with E-state index in [4.69, 9.17) is 27.9 Å². The Morgan fingerprint density at radius 1 is 1.21 bits per heavy atom. The maximum absolute atomic E-state index is 13.0. The van der Waals surface area contributed by atoms with E-state index in [0.29, 0.717) is 22.9 Å². The molecule has 1 saturated heterocycles. The summed E-state index contributed by atoms with van der Waals surface area (Å²) in [6, 6.07) is 12.3. The SMILES string of the molecule is CC(=O)OC1C[C@H](NC(=O)Cc2ccc(Cl)c(Cl)c2)C[C@]2(c3cccc(O)c3)CCN(C)C[C@@H]12. The third-order valence-electron chi connectivity index (χ3n) is 7.19. The van der Waals surface area contributed by atoms with Crippen LogP contribution in [0.1, 0.15) is 37.3 Å². The number of piperidine rings is 1. The summed E-state index contributed by atoms with van der Waals surface area (Å²) >= 11 is 12.1. The minimum atomic E-state index is -0.341. The molecule has 182 valence electrons. The number of nitrogens with zero attached hydrogens (tertiary/aromatic N) is 1. The third kappa shape index (κ3) is 5.35. The lowest BCUT2D eigenvalue weighted by Gasteiger charge is -2.55. The Morgan fingerprint density at radius 3 is 2.71 bits per heavy atom. The highest BCUT2D eigenvalue weighted by Crippen LogP contribution is 2.50. The predicted molar refractivity (Wildman–Crippen MR) is 132 cm³/mol. The van der Waals surface area contributed by atoms with Crippen LogP contribution in [0, 0.1) is 5.92 Å². The van der Waals surface area contributed by atoms with Crippen molar-refractivity contribution in [1.82, 2.24) is 10.2 Å². The molecule has 1 amide bonds. The summed E-state index contributed by atoms with van der Waals surface area (Å²) in [6.07, 6.45) is 1.93. The van der Waals surface area contributed by atoms with Crippen molar-refractivity contribution < 1.29 is 19.4 Å². The minimum absolute atomic E-state index is 0.0557. The largest absolute Gasteiger partial charge is 0.508 e. The second-order valence-corrected chi connectivity index (χ2v) is 10.4. The molecule has 1 heterocycles. The summed E-state index contributed by atoms with van der Waals surface area (Å²) in [7, 11) is 2.07. The molecule has 1 saturated carbocycles. The fraction of sp³-hybridized carbons (Fsp3) is 0.462. The Bertz CT molecular complexity index is 1080. The van der Waals surface area contributed by atoms with Crippen LogP contribution < -0.4 is 5.32 Å². The second kappa shape index (κ2) is 10.1. The monoisotopic (exact) mass is 504 g/mol. The molecule has 6 nitrogen and oxygen atoms in total. The topological polar surface area (TPSA) is 78.9 Å². The molecule has 1 aliphatic carbocycles. The van der Waals surface area contributed by atoms with Crippen molar-refractivity contribution in [3.8, 4) is 5.75 Å². The number of phenolic OH excluding ortho intramolecular Hbond substituents is 1. The van der Waals surface area contributed by atoms with Crippen molar-refractivity contribution in [2.24, 2.45) is 5.92 Å². The van der Waals surface area contributed by atoms with Crippen molar-refractivity contribution in [1.29, 1.82) is 0 Å². The lowest BCUT2D eigenvalue weighted by atomic mass is 9.57. The number of likely N-dealkylation sites (tertiary alicyclic amines) is 1. The van der Waals surface area contributed by atoms with Gasteiger partial charge in [-0.3, -0.25) is 9.59 Å². The quantitative estimate of drug-likeness (QED) is 0.592. The van der Waals surface area contributed by atoms with E-state index in [1.165, 1.54) is 6.92 Å². The van der Waals surface area contributed by atoms with Gasteiger partial charge in [-0.2, -0.15) is 0 Å². The fourth-order valence-electron chi connectivity index (χ4n) is 5.73. The minimum Gasteiger partial charge on any atom is -0.508 e. The highest BCUT2D eigenvalue weighted by Gasteiger charge is 2.53. The van der Waals surface area contributed by atoms with Gasteiger partial charge >= 0.3 is 5.97 Å². The van der Waals surface area contributed by atoms with Crippen molar-refractivity contribution >= 4 is 35.1 Å². The van der Waals surface area contributed by atoms with E-state index in [-0.39, 0.29) is 47.5 Å². The van der Waals surface area contributed by atoms with E-state index in [1.807, 2.05) is 18.2 Å². The number of rotatable bonds is 5. The molecule has 2 N–H and O–H groups in total. The molecule has 2 aromatic carbocycles. The number of carbonyl (C=O) groups is 2. The van der Waals surface area contributed by atoms with E-state index in [0.717, 1.165) is 30.6 Å². The number of amides is 1. The van der Waals surface area contributed by atoms with Gasteiger partial charge in [-0.05, 0) is 61.8 Å². The van der Waals surface area contributed by atoms with Gasteiger partial charge < -0.3 is 20.1 Å². The summed E-state index contributed by atoms with van der Waals surface area (Å²) in [4.78, 5) is 27.2. The van der Waals surface area contributed by atoms with Crippen LogP contribution in [-0.2, 0) is 26.2 Å². The van der Waals surface area contributed by atoms with Gasteiger partial charge in [-0.25, -0.2) is 0 Å². The van der Waals surface area contributed by atoms with E-state index >= 15 is 0 Å². The maximum atomic E-state index is 13.0. The zero-order valence-corrected chi connectivity index (χ0v) is 20.9. The van der Waals surface area contributed by atoms with Crippen LogP contribution in [0.15, 0.2) is 42.5 Å². The van der Waals surface area contributed by atoms with Crippen LogP contribution in [0.2, 0.25) is 10.0 Å². The number of esters is 1. The number of hydrogen-bond acceptors (Lipinski definition) is 5. The molecule has 2 fully saturated rings. The number of ether oxygens (including phenoxy) is 1. The summed E-state index contributed by atoms with van der Waals surface area (Å²) in [6.45, 7) is 3.08. The average molecular weight is 505 g/mol. The standard InChI is InChI=1S/C26H30Cl2N2O4/c1-16(31)34-24-13-19(29-25(33)11-17-6-7-22(27)23(28)10-17)14-26(8-9-30(2)15-21(24)26)18-4-3-5-20(32)12-18/h3-7,10,12,19,21,24,32H,8-9,11,13-15H2,1-2H3,(H,29,33)/t19-,21-,24?,26-/m0/s1. The smallest absolute Gasteiger partial charge is 0.302 e. The van der Waals surface area contributed by atoms with Gasteiger partial charge in [0.2, 0.25) is 5.91 Å². The summed E-state index contributed by atoms with van der Waals surface area (Å²) in [5, 5.41) is 14.3. The fourth-order valence-corrected chi connectivity index (χ4v) is 6.05. The Balaban J connectivity index is 1.61. The van der Waals surface area contributed by atoms with Gasteiger partial charge in [0, 0.05) is 37.3 Å². The van der Waals surface area contributed by atoms with Crippen molar-refractivity contribution in [3.05, 3.63) is 63.6 Å². The van der Waals surface area contributed by atoms with E-state index in [9.17, 15) is 14.7 Å². The molecule has 8 heteroatoms. The van der Waals surface area contributed by atoms with Crippen LogP contribution in [0.25, 0.3) is 0 Å².